The third-order valence-electron chi connectivity index (χ3n) is 4.04. The van der Waals surface area contributed by atoms with Crippen molar-refractivity contribution in [3.05, 3.63) is 60.2 Å². The molecular weight excluding hydrogens is 393 g/mol. The second kappa shape index (κ2) is 9.47. The Bertz CT molecular complexity index is 989. The lowest BCUT2D eigenvalue weighted by Gasteiger charge is -2.15. The van der Waals surface area contributed by atoms with Gasteiger partial charge in [-0.1, -0.05) is 11.8 Å². The van der Waals surface area contributed by atoms with Crippen LogP contribution in [0, 0.1) is 5.82 Å². The molecule has 2 aromatic carbocycles. The van der Waals surface area contributed by atoms with Crippen molar-refractivity contribution in [3.63, 3.8) is 0 Å². The molecule has 3 aromatic rings. The van der Waals surface area contributed by atoms with Crippen molar-refractivity contribution in [2.24, 2.45) is 0 Å². The van der Waals surface area contributed by atoms with E-state index in [1.165, 1.54) is 30.1 Å². The molecule has 3 rings (SSSR count). The molecule has 1 aromatic heterocycles. The summed E-state index contributed by atoms with van der Waals surface area (Å²) >= 11 is 1.39. The molecule has 1 heterocycles. The predicted octanol–water partition coefficient (Wildman–Crippen LogP) is 4.78. The predicted molar refractivity (Wildman–Crippen MR) is 112 cm³/mol. The highest BCUT2D eigenvalue weighted by molar-refractivity contribution is 7.98. The number of thioether (sulfide) groups is 1. The maximum absolute atomic E-state index is 13.3. The average Bonchev–Trinajstić information content (AvgIpc) is 3.15. The van der Waals surface area contributed by atoms with Crippen LogP contribution in [0.5, 0.6) is 11.5 Å². The van der Waals surface area contributed by atoms with E-state index in [0.29, 0.717) is 46.9 Å². The molecule has 152 valence electrons. The summed E-state index contributed by atoms with van der Waals surface area (Å²) in [5.41, 5.74) is 1.47. The molecule has 0 aliphatic heterocycles. The minimum absolute atomic E-state index is 0.324. The van der Waals surface area contributed by atoms with Crippen molar-refractivity contribution in [2.75, 3.05) is 24.8 Å². The fourth-order valence-electron chi connectivity index (χ4n) is 2.81. The molecule has 0 unspecified atom stereocenters. The zero-order chi connectivity index (χ0) is 20.8. The van der Waals surface area contributed by atoms with Gasteiger partial charge >= 0.3 is 0 Å². The minimum Gasteiger partial charge on any atom is -0.494 e. The van der Waals surface area contributed by atoms with Crippen LogP contribution in [0.4, 0.5) is 10.1 Å². The molecular formula is C21H22FN3O3S. The smallest absolute Gasteiger partial charge is 0.274 e. The average molecular weight is 415 g/mol. The SMILES string of the molecule is CCOc1ccc(OCC)c(NC(=O)c2cnc(SC)n2-c2ccc(F)cc2)c1. The lowest BCUT2D eigenvalue weighted by molar-refractivity contribution is 0.101. The van der Waals surface area contributed by atoms with Gasteiger partial charge in [0.05, 0.1) is 25.1 Å². The molecule has 0 bridgehead atoms. The number of hydrogen-bond acceptors (Lipinski definition) is 5. The highest BCUT2D eigenvalue weighted by Gasteiger charge is 2.19. The molecule has 0 aliphatic carbocycles. The highest BCUT2D eigenvalue weighted by atomic mass is 32.2. The van der Waals surface area contributed by atoms with Crippen molar-refractivity contribution >= 4 is 23.4 Å². The van der Waals surface area contributed by atoms with Crippen LogP contribution < -0.4 is 14.8 Å². The molecule has 0 saturated carbocycles. The number of benzene rings is 2. The summed E-state index contributed by atoms with van der Waals surface area (Å²) < 4.78 is 26.2. The van der Waals surface area contributed by atoms with Gasteiger partial charge in [0, 0.05) is 11.8 Å². The second-order valence-corrected chi connectivity index (χ2v) is 6.69. The van der Waals surface area contributed by atoms with Gasteiger partial charge in [0.15, 0.2) is 5.16 Å². The maximum Gasteiger partial charge on any atom is 0.274 e. The van der Waals surface area contributed by atoms with Gasteiger partial charge in [0.2, 0.25) is 0 Å². The van der Waals surface area contributed by atoms with Crippen LogP contribution in [0.2, 0.25) is 0 Å². The molecule has 6 nitrogen and oxygen atoms in total. The Balaban J connectivity index is 1.97. The first-order valence-electron chi connectivity index (χ1n) is 9.16. The molecule has 0 saturated heterocycles. The van der Waals surface area contributed by atoms with E-state index in [2.05, 4.69) is 10.3 Å². The maximum atomic E-state index is 13.3. The molecule has 1 amide bonds. The first-order chi connectivity index (χ1) is 14.1. The number of carbonyl (C=O) groups is 1. The first kappa shape index (κ1) is 20.7. The highest BCUT2D eigenvalue weighted by Crippen LogP contribution is 2.30. The van der Waals surface area contributed by atoms with E-state index in [9.17, 15) is 9.18 Å². The van der Waals surface area contributed by atoms with E-state index in [4.69, 9.17) is 9.47 Å². The number of anilines is 1. The summed E-state index contributed by atoms with van der Waals surface area (Å²) in [7, 11) is 0. The van der Waals surface area contributed by atoms with Crippen molar-refractivity contribution in [1.29, 1.82) is 0 Å². The van der Waals surface area contributed by atoms with Crippen LogP contribution in [-0.4, -0.2) is 34.9 Å². The molecule has 0 fully saturated rings. The molecule has 8 heteroatoms. The summed E-state index contributed by atoms with van der Waals surface area (Å²) in [6, 6.07) is 11.2. The van der Waals surface area contributed by atoms with Gasteiger partial charge in [-0.05, 0) is 56.5 Å². The number of imidazole rings is 1. The normalized spacial score (nSPS) is 10.6. The van der Waals surface area contributed by atoms with Crippen LogP contribution in [0.25, 0.3) is 5.69 Å². The van der Waals surface area contributed by atoms with E-state index in [-0.39, 0.29) is 11.7 Å². The van der Waals surface area contributed by atoms with Gasteiger partial charge in [0.25, 0.3) is 5.91 Å². The van der Waals surface area contributed by atoms with E-state index in [1.807, 2.05) is 20.1 Å². The summed E-state index contributed by atoms with van der Waals surface area (Å²) in [5.74, 6) is 0.460. The Morgan fingerprint density at radius 1 is 1.14 bits per heavy atom. The van der Waals surface area contributed by atoms with Crippen LogP contribution in [0.1, 0.15) is 24.3 Å². The molecule has 0 spiro atoms. The molecule has 0 radical (unpaired) electrons. The van der Waals surface area contributed by atoms with E-state index < -0.39 is 0 Å². The summed E-state index contributed by atoms with van der Waals surface area (Å²) in [5, 5.41) is 3.50. The largest absolute Gasteiger partial charge is 0.494 e. The number of ether oxygens (including phenoxy) is 2. The summed E-state index contributed by atoms with van der Waals surface area (Å²) in [6.07, 6.45) is 3.36. The van der Waals surface area contributed by atoms with Crippen molar-refractivity contribution < 1.29 is 18.7 Å². The zero-order valence-corrected chi connectivity index (χ0v) is 17.3. The minimum atomic E-state index is -0.364. The summed E-state index contributed by atoms with van der Waals surface area (Å²) in [6.45, 7) is 4.73. The number of nitrogens with one attached hydrogen (secondary N) is 1. The third-order valence-corrected chi connectivity index (χ3v) is 4.69. The first-order valence-corrected chi connectivity index (χ1v) is 10.4. The molecule has 0 aliphatic rings. The number of amides is 1. The number of aromatic nitrogens is 2. The fourth-order valence-corrected chi connectivity index (χ4v) is 3.35. The van der Waals surface area contributed by atoms with E-state index >= 15 is 0 Å². The fraction of sp³-hybridized carbons (Fsp3) is 0.238. The van der Waals surface area contributed by atoms with Crippen LogP contribution in [-0.2, 0) is 0 Å². The quantitative estimate of drug-likeness (QED) is 0.536. The topological polar surface area (TPSA) is 65.4 Å². The van der Waals surface area contributed by atoms with Gasteiger partial charge in [-0.3, -0.25) is 9.36 Å². The van der Waals surface area contributed by atoms with Crippen molar-refractivity contribution in [1.82, 2.24) is 9.55 Å². The Labute approximate surface area is 173 Å². The van der Waals surface area contributed by atoms with E-state index in [0.717, 1.165) is 0 Å². The second-order valence-electron chi connectivity index (χ2n) is 5.92. The van der Waals surface area contributed by atoms with Gasteiger partial charge in [-0.15, -0.1) is 0 Å². The lowest BCUT2D eigenvalue weighted by atomic mass is 10.2. The van der Waals surface area contributed by atoms with Gasteiger partial charge in [-0.25, -0.2) is 9.37 Å². The zero-order valence-electron chi connectivity index (χ0n) is 16.4. The standard InChI is InChI=1S/C21H22FN3O3S/c1-4-27-16-10-11-19(28-5-2)17(12-16)24-20(26)18-13-23-21(29-3)25(18)15-8-6-14(22)7-9-15/h6-13H,4-5H2,1-3H3,(H,24,26). The molecule has 1 N–H and O–H groups in total. The van der Waals surface area contributed by atoms with Crippen molar-refractivity contribution in [3.8, 4) is 17.2 Å². The van der Waals surface area contributed by atoms with Crippen LogP contribution >= 0.6 is 11.8 Å². The third kappa shape index (κ3) is 4.71. The van der Waals surface area contributed by atoms with Gasteiger partial charge < -0.3 is 14.8 Å². The number of nitrogens with zero attached hydrogens (tertiary/aromatic N) is 2. The molecule has 0 atom stereocenters. The van der Waals surface area contributed by atoms with Crippen molar-refractivity contribution in [2.45, 2.75) is 19.0 Å². The lowest BCUT2D eigenvalue weighted by Crippen LogP contribution is -2.17. The number of carbonyl (C=O) groups excluding carboxylic acids is 1. The van der Waals surface area contributed by atoms with Crippen LogP contribution in [0.3, 0.4) is 0 Å². The Kier molecular flexibility index (Phi) is 6.77. The number of halogens is 1. The summed E-state index contributed by atoms with van der Waals surface area (Å²) in [4.78, 5) is 17.4. The monoisotopic (exact) mass is 415 g/mol. The Hall–Kier alpha value is -3.00. The van der Waals surface area contributed by atoms with Crippen LogP contribution in [0.15, 0.2) is 53.8 Å². The Morgan fingerprint density at radius 3 is 2.52 bits per heavy atom. The Morgan fingerprint density at radius 2 is 1.86 bits per heavy atom. The van der Waals surface area contributed by atoms with E-state index in [1.54, 1.807) is 34.9 Å². The van der Waals surface area contributed by atoms with Gasteiger partial charge in [-0.2, -0.15) is 0 Å². The molecule has 29 heavy (non-hydrogen) atoms. The number of hydrogen-bond donors (Lipinski definition) is 1. The number of rotatable bonds is 8. The van der Waals surface area contributed by atoms with Gasteiger partial charge in [0.1, 0.15) is 23.0 Å².